The lowest BCUT2D eigenvalue weighted by Gasteiger charge is -2.17. The predicted octanol–water partition coefficient (Wildman–Crippen LogP) is 3.83. The maximum absolute atomic E-state index is 11.6. The molecular formula is C19H20N4O4S. The average molecular weight is 400 g/mol. The first-order chi connectivity index (χ1) is 13.5. The van der Waals surface area contributed by atoms with Crippen LogP contribution >= 0.6 is 11.8 Å². The van der Waals surface area contributed by atoms with Crippen LogP contribution in [-0.4, -0.2) is 49.5 Å². The van der Waals surface area contributed by atoms with Gasteiger partial charge in [0.05, 0.1) is 27.4 Å². The van der Waals surface area contributed by atoms with Crippen LogP contribution in [-0.2, 0) is 6.54 Å². The first-order valence-electron chi connectivity index (χ1n) is 9.09. The van der Waals surface area contributed by atoms with Crippen molar-refractivity contribution in [2.24, 2.45) is 0 Å². The summed E-state index contributed by atoms with van der Waals surface area (Å²) >= 11 is 1.10. The van der Waals surface area contributed by atoms with Crippen LogP contribution in [0.4, 0.5) is 5.69 Å². The molecule has 0 aliphatic carbocycles. The zero-order chi connectivity index (χ0) is 20.0. The Balaban J connectivity index is 1.95. The van der Waals surface area contributed by atoms with Gasteiger partial charge >= 0.3 is 0 Å². The van der Waals surface area contributed by atoms with Crippen molar-refractivity contribution in [2.45, 2.75) is 30.2 Å². The van der Waals surface area contributed by atoms with Gasteiger partial charge in [-0.25, -0.2) is 0 Å². The molecule has 2 N–H and O–H groups in total. The third kappa shape index (κ3) is 2.78. The van der Waals surface area contributed by atoms with Gasteiger partial charge in [0.1, 0.15) is 22.1 Å². The highest BCUT2D eigenvalue weighted by Gasteiger charge is 2.33. The molecule has 3 aromatic rings. The van der Waals surface area contributed by atoms with E-state index in [2.05, 4.69) is 23.8 Å². The lowest BCUT2D eigenvalue weighted by Crippen LogP contribution is -2.27. The lowest BCUT2D eigenvalue weighted by molar-refractivity contribution is -0.387. The number of aromatic hydroxyl groups is 2. The molecule has 28 heavy (non-hydrogen) atoms. The molecule has 4 rings (SSSR count). The van der Waals surface area contributed by atoms with Gasteiger partial charge in [0, 0.05) is 18.0 Å². The maximum Gasteiger partial charge on any atom is 0.284 e. The first kappa shape index (κ1) is 18.6. The van der Waals surface area contributed by atoms with Gasteiger partial charge in [-0.05, 0) is 31.3 Å². The molecule has 0 unspecified atom stereocenters. The average Bonchev–Trinajstić information content (AvgIpc) is 3.05. The Morgan fingerprint density at radius 1 is 1.14 bits per heavy atom. The third-order valence-electron chi connectivity index (χ3n) is 5.13. The van der Waals surface area contributed by atoms with E-state index in [1.54, 1.807) is 6.07 Å². The number of benzene rings is 2. The van der Waals surface area contributed by atoms with Crippen LogP contribution < -0.4 is 0 Å². The number of nitro groups is 1. The Morgan fingerprint density at radius 2 is 1.86 bits per heavy atom. The van der Waals surface area contributed by atoms with Gasteiger partial charge in [0.25, 0.3) is 5.69 Å². The Hall–Kier alpha value is -2.78. The summed E-state index contributed by atoms with van der Waals surface area (Å²) in [5, 5.41) is 37.6. The van der Waals surface area contributed by atoms with Crippen LogP contribution in [0.3, 0.4) is 0 Å². The van der Waals surface area contributed by atoms with E-state index in [0.29, 0.717) is 33.0 Å². The number of phenolic OH excluding ortho intramolecular Hbond substituents is 2. The summed E-state index contributed by atoms with van der Waals surface area (Å²) in [4.78, 5) is 14.2. The van der Waals surface area contributed by atoms with Gasteiger partial charge in [-0.15, -0.1) is 0 Å². The number of aromatic nitrogens is 2. The number of hydrogen-bond donors (Lipinski definition) is 2. The Morgan fingerprint density at radius 3 is 2.54 bits per heavy atom. The van der Waals surface area contributed by atoms with Crippen molar-refractivity contribution in [1.82, 2.24) is 14.7 Å². The molecule has 0 spiro atoms. The highest BCUT2D eigenvalue weighted by molar-refractivity contribution is 8.00. The van der Waals surface area contributed by atoms with Gasteiger partial charge in [0.2, 0.25) is 0 Å². The number of hydrogen-bond acceptors (Lipinski definition) is 7. The molecule has 0 atom stereocenters. The number of likely N-dealkylation sites (N-methyl/N-ethyl adjacent to an activating group) is 1. The summed E-state index contributed by atoms with van der Waals surface area (Å²) in [5.41, 5.74) is 1.64. The summed E-state index contributed by atoms with van der Waals surface area (Å²) in [5.74, 6) is -0.0415. The number of nitrogens with zero attached hydrogens (tertiary/aromatic N) is 4. The summed E-state index contributed by atoms with van der Waals surface area (Å²) in [6, 6.07) is 5.99. The fourth-order valence-electron chi connectivity index (χ4n) is 3.59. The van der Waals surface area contributed by atoms with E-state index in [1.165, 1.54) is 18.2 Å². The molecule has 0 amide bonds. The van der Waals surface area contributed by atoms with Crippen molar-refractivity contribution >= 4 is 28.4 Å². The minimum atomic E-state index is -0.427. The van der Waals surface area contributed by atoms with E-state index in [-0.39, 0.29) is 17.2 Å². The zero-order valence-electron chi connectivity index (χ0n) is 15.5. The molecule has 1 aliphatic rings. The SMILES string of the molecule is CCN(CC)CCn1nc2c3c(c([N+](=O)[O-])ccc31)Sc1c(O)ccc(O)c1-2. The molecule has 9 heteroatoms. The van der Waals surface area contributed by atoms with Gasteiger partial charge < -0.3 is 15.1 Å². The standard InChI is InChI=1S/C19H20N4O4S/c1-3-21(4-2)9-10-22-11-5-6-12(23(26)27)18-15(11)17(20-22)16-13(24)7-8-14(25)19(16)28-18/h5-8,24-25H,3-4,9-10H2,1-2H3. The smallest absolute Gasteiger partial charge is 0.284 e. The molecule has 1 aromatic heterocycles. The van der Waals surface area contributed by atoms with E-state index in [4.69, 9.17) is 0 Å². The molecular weight excluding hydrogens is 380 g/mol. The summed E-state index contributed by atoms with van der Waals surface area (Å²) < 4.78 is 1.83. The molecule has 0 saturated heterocycles. The number of phenols is 2. The number of rotatable bonds is 6. The Bertz CT molecular complexity index is 1090. The minimum absolute atomic E-state index is 0.00671. The molecule has 2 aromatic carbocycles. The van der Waals surface area contributed by atoms with E-state index in [9.17, 15) is 20.3 Å². The highest BCUT2D eigenvalue weighted by atomic mass is 32.2. The van der Waals surface area contributed by atoms with Gasteiger partial charge in [0.15, 0.2) is 0 Å². The van der Waals surface area contributed by atoms with Crippen molar-refractivity contribution in [3.8, 4) is 22.8 Å². The summed E-state index contributed by atoms with van der Waals surface area (Å²) in [6.45, 7) is 7.45. The zero-order valence-corrected chi connectivity index (χ0v) is 16.4. The van der Waals surface area contributed by atoms with Gasteiger partial charge in [-0.2, -0.15) is 5.10 Å². The van der Waals surface area contributed by atoms with Crippen LogP contribution in [0.1, 0.15) is 13.8 Å². The third-order valence-corrected chi connectivity index (χ3v) is 6.36. The fraction of sp³-hybridized carbons (Fsp3) is 0.316. The first-order valence-corrected chi connectivity index (χ1v) is 9.91. The molecule has 146 valence electrons. The summed E-state index contributed by atoms with van der Waals surface area (Å²) in [7, 11) is 0. The maximum atomic E-state index is 11.6. The molecule has 0 bridgehead atoms. The Kier molecular flexibility index (Phi) is 4.64. The van der Waals surface area contributed by atoms with Crippen LogP contribution in [0.15, 0.2) is 34.1 Å². The largest absolute Gasteiger partial charge is 0.507 e. The van der Waals surface area contributed by atoms with Crippen molar-refractivity contribution in [3.05, 3.63) is 34.4 Å². The quantitative estimate of drug-likeness (QED) is 0.288. The fourth-order valence-corrected chi connectivity index (χ4v) is 4.82. The molecule has 0 saturated carbocycles. The van der Waals surface area contributed by atoms with E-state index in [0.717, 1.165) is 36.9 Å². The van der Waals surface area contributed by atoms with Crippen molar-refractivity contribution < 1.29 is 15.1 Å². The minimum Gasteiger partial charge on any atom is -0.507 e. The number of fused-ring (bicyclic) bond motifs is 2. The molecule has 0 radical (unpaired) electrons. The van der Waals surface area contributed by atoms with Crippen molar-refractivity contribution in [2.75, 3.05) is 19.6 Å². The topological polar surface area (TPSA) is 105 Å². The van der Waals surface area contributed by atoms with E-state index >= 15 is 0 Å². The predicted molar refractivity (Wildman–Crippen MR) is 107 cm³/mol. The Labute approximate surface area is 165 Å². The number of nitro benzene ring substituents is 1. The van der Waals surface area contributed by atoms with Crippen LogP contribution in [0.25, 0.3) is 22.2 Å². The van der Waals surface area contributed by atoms with Crippen LogP contribution in [0.2, 0.25) is 0 Å². The van der Waals surface area contributed by atoms with Gasteiger partial charge in [-0.3, -0.25) is 14.8 Å². The van der Waals surface area contributed by atoms with E-state index in [1.807, 2.05) is 4.68 Å². The second-order valence-electron chi connectivity index (χ2n) is 6.57. The lowest BCUT2D eigenvalue weighted by atomic mass is 10.0. The molecule has 8 nitrogen and oxygen atoms in total. The monoisotopic (exact) mass is 400 g/mol. The normalized spacial score (nSPS) is 12.5. The molecule has 2 heterocycles. The van der Waals surface area contributed by atoms with Crippen LogP contribution in [0, 0.1) is 10.1 Å². The van der Waals surface area contributed by atoms with Crippen molar-refractivity contribution in [3.63, 3.8) is 0 Å². The highest BCUT2D eigenvalue weighted by Crippen LogP contribution is 2.55. The van der Waals surface area contributed by atoms with Crippen molar-refractivity contribution in [1.29, 1.82) is 0 Å². The molecule has 1 aliphatic heterocycles. The second-order valence-corrected chi connectivity index (χ2v) is 7.59. The van der Waals surface area contributed by atoms with E-state index < -0.39 is 4.92 Å². The van der Waals surface area contributed by atoms with Crippen LogP contribution in [0.5, 0.6) is 11.5 Å². The van der Waals surface area contributed by atoms with Gasteiger partial charge in [-0.1, -0.05) is 25.6 Å². The summed E-state index contributed by atoms with van der Waals surface area (Å²) in [6.07, 6.45) is 0. The molecule has 0 fully saturated rings. The second kappa shape index (κ2) is 6.99.